The Bertz CT molecular complexity index is 1040. The van der Waals surface area contributed by atoms with E-state index in [9.17, 15) is 13.9 Å². The maximum absolute atomic E-state index is 14.2. The molecule has 0 aliphatic carbocycles. The van der Waals surface area contributed by atoms with Gasteiger partial charge < -0.3 is 9.84 Å². The molecule has 0 spiro atoms. The molecule has 6 heteroatoms. The summed E-state index contributed by atoms with van der Waals surface area (Å²) in [7, 11) is 1.64. The lowest BCUT2D eigenvalue weighted by Gasteiger charge is -2.42. The minimum absolute atomic E-state index is 0.0424. The predicted octanol–water partition coefficient (Wildman–Crippen LogP) is 4.34. The Labute approximate surface area is 175 Å². The molecular formula is C24H26F2N2O2. The van der Waals surface area contributed by atoms with Crippen LogP contribution in [0, 0.1) is 17.0 Å². The summed E-state index contributed by atoms with van der Waals surface area (Å²) in [4.78, 5) is 7.05. The molecule has 0 radical (unpaired) electrons. The number of aromatic nitrogens is 1. The van der Waals surface area contributed by atoms with E-state index < -0.39 is 17.0 Å². The van der Waals surface area contributed by atoms with Gasteiger partial charge in [0.2, 0.25) is 0 Å². The van der Waals surface area contributed by atoms with Gasteiger partial charge in [-0.1, -0.05) is 24.3 Å². The van der Waals surface area contributed by atoms with Gasteiger partial charge in [-0.3, -0.25) is 4.90 Å². The van der Waals surface area contributed by atoms with E-state index in [0.717, 1.165) is 47.8 Å². The molecule has 1 aromatic heterocycles. The SMILES string of the molecule is COc1cccc2ccc(CN3CCC[C@@](CO)(Cc4ccc(F)cc4F)C3)nc12. The number of pyridine rings is 1. The molecule has 1 aliphatic rings. The van der Waals surface area contributed by atoms with Crippen molar-refractivity contribution in [2.24, 2.45) is 5.41 Å². The third-order valence-electron chi connectivity index (χ3n) is 6.00. The van der Waals surface area contributed by atoms with E-state index in [0.29, 0.717) is 25.1 Å². The van der Waals surface area contributed by atoms with E-state index in [4.69, 9.17) is 9.72 Å². The maximum Gasteiger partial charge on any atom is 0.145 e. The molecule has 3 aromatic rings. The largest absolute Gasteiger partial charge is 0.494 e. The number of aliphatic hydroxyl groups is 1. The summed E-state index contributed by atoms with van der Waals surface area (Å²) < 4.78 is 32.9. The summed E-state index contributed by atoms with van der Waals surface area (Å²) in [5, 5.41) is 11.2. The molecule has 1 N–H and O–H groups in total. The first-order valence-electron chi connectivity index (χ1n) is 10.2. The van der Waals surface area contributed by atoms with Crippen LogP contribution in [0.2, 0.25) is 0 Å². The molecule has 0 amide bonds. The normalized spacial score (nSPS) is 19.9. The molecule has 2 heterocycles. The highest BCUT2D eigenvalue weighted by molar-refractivity contribution is 5.84. The van der Waals surface area contributed by atoms with E-state index in [1.165, 1.54) is 12.1 Å². The second-order valence-electron chi connectivity index (χ2n) is 8.22. The van der Waals surface area contributed by atoms with Crippen molar-refractivity contribution < 1.29 is 18.6 Å². The molecule has 0 saturated carbocycles. The molecule has 4 rings (SSSR count). The molecule has 0 unspecified atom stereocenters. The number of methoxy groups -OCH3 is 1. The number of para-hydroxylation sites is 1. The number of hydrogen-bond acceptors (Lipinski definition) is 4. The van der Waals surface area contributed by atoms with Gasteiger partial charge in [0, 0.05) is 30.0 Å². The second-order valence-corrected chi connectivity index (χ2v) is 8.22. The molecule has 1 fully saturated rings. The van der Waals surface area contributed by atoms with Gasteiger partial charge in [-0.05, 0) is 49.6 Å². The zero-order valence-corrected chi connectivity index (χ0v) is 17.1. The van der Waals surface area contributed by atoms with E-state index in [1.54, 1.807) is 7.11 Å². The second kappa shape index (κ2) is 8.66. The zero-order valence-electron chi connectivity index (χ0n) is 17.1. The molecule has 2 aromatic carbocycles. The number of hydrogen-bond donors (Lipinski definition) is 1. The molecule has 1 atom stereocenters. The van der Waals surface area contributed by atoms with Crippen LogP contribution >= 0.6 is 0 Å². The number of likely N-dealkylation sites (tertiary alicyclic amines) is 1. The lowest BCUT2D eigenvalue weighted by Crippen LogP contribution is -2.46. The highest BCUT2D eigenvalue weighted by Crippen LogP contribution is 2.35. The van der Waals surface area contributed by atoms with Crippen LogP contribution in [-0.4, -0.2) is 41.8 Å². The third kappa shape index (κ3) is 4.30. The van der Waals surface area contributed by atoms with E-state index in [-0.39, 0.29) is 6.61 Å². The van der Waals surface area contributed by atoms with E-state index >= 15 is 0 Å². The van der Waals surface area contributed by atoms with E-state index in [2.05, 4.69) is 4.90 Å². The van der Waals surface area contributed by atoms with Gasteiger partial charge in [0.05, 0.1) is 19.4 Å². The molecule has 0 bridgehead atoms. The van der Waals surface area contributed by atoms with Crippen molar-refractivity contribution in [2.75, 3.05) is 26.8 Å². The summed E-state index contributed by atoms with van der Waals surface area (Å²) in [6, 6.07) is 13.6. The van der Waals surface area contributed by atoms with Crippen molar-refractivity contribution in [3.05, 3.63) is 71.4 Å². The van der Waals surface area contributed by atoms with Gasteiger partial charge in [-0.15, -0.1) is 0 Å². The van der Waals surface area contributed by atoms with Crippen LogP contribution in [0.25, 0.3) is 10.9 Å². The number of piperidine rings is 1. The minimum Gasteiger partial charge on any atom is -0.494 e. The highest BCUT2D eigenvalue weighted by atomic mass is 19.1. The van der Waals surface area contributed by atoms with Crippen molar-refractivity contribution in [3.8, 4) is 5.75 Å². The predicted molar refractivity (Wildman–Crippen MR) is 112 cm³/mol. The number of nitrogens with zero attached hydrogens (tertiary/aromatic N) is 2. The Morgan fingerprint density at radius 2 is 2.03 bits per heavy atom. The summed E-state index contributed by atoms with van der Waals surface area (Å²) in [5.41, 5.74) is 1.75. The lowest BCUT2D eigenvalue weighted by atomic mass is 9.75. The average Bonchev–Trinajstić information content (AvgIpc) is 2.75. The Morgan fingerprint density at radius 3 is 2.80 bits per heavy atom. The van der Waals surface area contributed by atoms with Gasteiger partial charge in [0.15, 0.2) is 0 Å². The average molecular weight is 412 g/mol. The molecule has 30 heavy (non-hydrogen) atoms. The van der Waals surface area contributed by atoms with Crippen molar-refractivity contribution in [1.82, 2.24) is 9.88 Å². The molecule has 158 valence electrons. The van der Waals surface area contributed by atoms with Crippen LogP contribution in [0.15, 0.2) is 48.5 Å². The van der Waals surface area contributed by atoms with Crippen LogP contribution in [0.1, 0.15) is 24.1 Å². The van der Waals surface area contributed by atoms with Gasteiger partial charge in [-0.25, -0.2) is 13.8 Å². The molecule has 1 aliphatic heterocycles. The summed E-state index contributed by atoms with van der Waals surface area (Å²) in [6.45, 7) is 2.12. The summed E-state index contributed by atoms with van der Waals surface area (Å²) >= 11 is 0. The van der Waals surface area contributed by atoms with E-state index in [1.807, 2.05) is 30.3 Å². The number of aliphatic hydroxyl groups excluding tert-OH is 1. The number of halogens is 2. The lowest BCUT2D eigenvalue weighted by molar-refractivity contribution is 0.0278. The van der Waals surface area contributed by atoms with Crippen molar-refractivity contribution >= 4 is 10.9 Å². The number of fused-ring (bicyclic) bond motifs is 1. The molecule has 1 saturated heterocycles. The number of ether oxygens (including phenoxy) is 1. The monoisotopic (exact) mass is 412 g/mol. The fourth-order valence-corrected chi connectivity index (χ4v) is 4.49. The zero-order chi connectivity index (χ0) is 21.1. The van der Waals surface area contributed by atoms with Crippen LogP contribution in [0.4, 0.5) is 8.78 Å². The summed E-state index contributed by atoms with van der Waals surface area (Å²) in [5.74, 6) is -0.398. The van der Waals surface area contributed by atoms with Crippen molar-refractivity contribution in [2.45, 2.75) is 25.8 Å². The fourth-order valence-electron chi connectivity index (χ4n) is 4.49. The van der Waals surface area contributed by atoms with Gasteiger partial charge in [0.1, 0.15) is 22.9 Å². The first kappa shape index (κ1) is 20.7. The fraction of sp³-hybridized carbons (Fsp3) is 0.375. The maximum atomic E-state index is 14.2. The topological polar surface area (TPSA) is 45.6 Å². The van der Waals surface area contributed by atoms with Gasteiger partial charge >= 0.3 is 0 Å². The smallest absolute Gasteiger partial charge is 0.145 e. The first-order chi connectivity index (χ1) is 14.5. The van der Waals surface area contributed by atoms with Gasteiger partial charge in [-0.2, -0.15) is 0 Å². The third-order valence-corrected chi connectivity index (χ3v) is 6.00. The van der Waals surface area contributed by atoms with Crippen LogP contribution in [0.5, 0.6) is 5.75 Å². The quantitative estimate of drug-likeness (QED) is 0.654. The Morgan fingerprint density at radius 1 is 1.17 bits per heavy atom. The Kier molecular flexibility index (Phi) is 5.97. The first-order valence-corrected chi connectivity index (χ1v) is 10.2. The van der Waals surface area contributed by atoms with Gasteiger partial charge in [0.25, 0.3) is 0 Å². The van der Waals surface area contributed by atoms with Crippen molar-refractivity contribution in [1.29, 1.82) is 0 Å². The Balaban J connectivity index is 1.53. The number of rotatable bonds is 6. The Hall–Kier alpha value is -2.57. The van der Waals surface area contributed by atoms with Crippen LogP contribution < -0.4 is 4.74 Å². The highest BCUT2D eigenvalue weighted by Gasteiger charge is 2.36. The standard InChI is InChI=1S/C24H26F2N2O2/c1-30-22-5-2-4-17-7-9-20(27-23(17)22)14-28-11-3-10-24(15-28,16-29)13-18-6-8-19(25)12-21(18)26/h2,4-9,12,29H,3,10-11,13-16H2,1H3/t24-/m1/s1. The molecular weight excluding hydrogens is 386 g/mol. The van der Waals surface area contributed by atoms with Crippen LogP contribution in [0.3, 0.4) is 0 Å². The number of benzene rings is 2. The minimum atomic E-state index is -0.586. The summed E-state index contributed by atoms with van der Waals surface area (Å²) in [6.07, 6.45) is 2.08. The molecule has 4 nitrogen and oxygen atoms in total. The van der Waals surface area contributed by atoms with Crippen LogP contribution in [-0.2, 0) is 13.0 Å². The van der Waals surface area contributed by atoms with Crippen molar-refractivity contribution in [3.63, 3.8) is 0 Å².